The van der Waals surface area contributed by atoms with Gasteiger partial charge in [-0.05, 0) is 49.5 Å². The summed E-state index contributed by atoms with van der Waals surface area (Å²) in [5.41, 5.74) is 2.26. The van der Waals surface area contributed by atoms with Gasteiger partial charge in [0.25, 0.3) is 0 Å². The molecule has 0 aliphatic heterocycles. The maximum atomic E-state index is 14.4. The highest BCUT2D eigenvalue weighted by Gasteiger charge is 2.35. The first kappa shape index (κ1) is 20.3. The zero-order chi connectivity index (χ0) is 20.0. The van der Waals surface area contributed by atoms with Crippen LogP contribution in [0, 0.1) is 0 Å². The van der Waals surface area contributed by atoms with Crippen LogP contribution in [0.25, 0.3) is 0 Å². The Morgan fingerprint density at radius 2 is 1.14 bits per heavy atom. The molecular formula is C23H27N2O2P. The molecule has 28 heavy (non-hydrogen) atoms. The number of benzene rings is 3. The number of hydrogen-bond donors (Lipinski definition) is 0. The lowest BCUT2D eigenvalue weighted by molar-refractivity contribution is 0.391. The monoisotopic (exact) mass is 394 g/mol. The van der Waals surface area contributed by atoms with Crippen molar-refractivity contribution in [3.63, 3.8) is 0 Å². The summed E-state index contributed by atoms with van der Waals surface area (Å²) in [5.74, 6) is 0.756. The molecular weight excluding hydrogens is 367 g/mol. The molecule has 0 unspecified atom stereocenters. The van der Waals surface area contributed by atoms with E-state index in [2.05, 4.69) is 24.3 Å². The highest BCUT2D eigenvalue weighted by atomic mass is 31.2. The van der Waals surface area contributed by atoms with Gasteiger partial charge in [0.2, 0.25) is 7.44 Å². The van der Waals surface area contributed by atoms with Crippen LogP contribution in [-0.4, -0.2) is 30.5 Å². The fourth-order valence-electron chi connectivity index (χ4n) is 3.32. The van der Waals surface area contributed by atoms with Crippen molar-refractivity contribution in [3.05, 3.63) is 96.1 Å². The molecule has 5 heteroatoms. The molecule has 3 rings (SSSR count). The van der Waals surface area contributed by atoms with E-state index in [4.69, 9.17) is 4.74 Å². The third kappa shape index (κ3) is 4.53. The minimum absolute atomic E-state index is 0.600. The molecule has 146 valence electrons. The normalized spacial score (nSPS) is 11.8. The summed E-state index contributed by atoms with van der Waals surface area (Å²) in [6, 6.07) is 27.8. The number of ether oxygens (including phenoxy) is 1. The third-order valence-corrected chi connectivity index (χ3v) is 7.95. The van der Waals surface area contributed by atoms with Crippen molar-refractivity contribution in [2.24, 2.45) is 0 Å². The molecule has 0 heterocycles. The Hall–Kier alpha value is -2.39. The molecule has 0 bridgehead atoms. The molecule has 0 amide bonds. The highest BCUT2D eigenvalue weighted by Crippen LogP contribution is 2.51. The zero-order valence-corrected chi connectivity index (χ0v) is 17.5. The number of hydrogen-bond acceptors (Lipinski definition) is 2. The van der Waals surface area contributed by atoms with Crippen molar-refractivity contribution >= 4 is 12.7 Å². The SMILES string of the molecule is COc1ccc(P(=O)(N(C)Cc2ccccc2)N(C)Cc2ccccc2)cc1. The van der Waals surface area contributed by atoms with Crippen molar-refractivity contribution in [1.82, 2.24) is 9.34 Å². The Kier molecular flexibility index (Phi) is 6.69. The summed E-state index contributed by atoms with van der Waals surface area (Å²) in [7, 11) is 2.49. The summed E-state index contributed by atoms with van der Waals surface area (Å²) in [5, 5.41) is 0.796. The Bertz CT molecular complexity index is 863. The van der Waals surface area contributed by atoms with Crippen LogP contribution < -0.4 is 10.0 Å². The Morgan fingerprint density at radius 3 is 1.54 bits per heavy atom. The van der Waals surface area contributed by atoms with Gasteiger partial charge in [0.15, 0.2) is 0 Å². The summed E-state index contributed by atoms with van der Waals surface area (Å²) >= 11 is 0. The fourth-order valence-corrected chi connectivity index (χ4v) is 5.88. The molecule has 0 radical (unpaired) electrons. The summed E-state index contributed by atoms with van der Waals surface area (Å²) in [4.78, 5) is 0. The molecule has 0 aliphatic carbocycles. The van der Waals surface area contributed by atoms with Gasteiger partial charge < -0.3 is 4.74 Å². The first-order valence-electron chi connectivity index (χ1n) is 9.30. The van der Waals surface area contributed by atoms with Crippen molar-refractivity contribution in [1.29, 1.82) is 0 Å². The molecule has 4 nitrogen and oxygen atoms in total. The van der Waals surface area contributed by atoms with Gasteiger partial charge in [-0.15, -0.1) is 0 Å². The van der Waals surface area contributed by atoms with E-state index in [0.717, 1.165) is 22.2 Å². The van der Waals surface area contributed by atoms with E-state index in [1.807, 2.05) is 84.1 Å². The summed E-state index contributed by atoms with van der Waals surface area (Å²) in [6.07, 6.45) is 0. The van der Waals surface area contributed by atoms with Gasteiger partial charge in [-0.25, -0.2) is 9.34 Å². The van der Waals surface area contributed by atoms with Crippen LogP contribution in [0.1, 0.15) is 11.1 Å². The van der Waals surface area contributed by atoms with Gasteiger partial charge in [0.1, 0.15) is 5.75 Å². The second-order valence-corrected chi connectivity index (χ2v) is 9.81. The lowest BCUT2D eigenvalue weighted by atomic mass is 10.2. The smallest absolute Gasteiger partial charge is 0.245 e. The number of rotatable bonds is 8. The zero-order valence-electron chi connectivity index (χ0n) is 16.7. The van der Waals surface area contributed by atoms with Crippen LogP contribution in [0.15, 0.2) is 84.9 Å². The molecule has 0 saturated carbocycles. The van der Waals surface area contributed by atoms with Gasteiger partial charge in [-0.1, -0.05) is 60.7 Å². The van der Waals surface area contributed by atoms with E-state index in [9.17, 15) is 4.57 Å². The molecule has 0 fully saturated rings. The standard InChI is InChI=1S/C23H27N2O2P/c1-24(18-20-10-6-4-7-11-20)28(26,23-16-14-22(27-3)15-17-23)25(2)19-21-12-8-5-9-13-21/h4-17H,18-19H2,1-3H3. The third-order valence-electron chi connectivity index (χ3n) is 4.84. The fraction of sp³-hybridized carbons (Fsp3) is 0.217. The highest BCUT2D eigenvalue weighted by molar-refractivity contribution is 7.67. The predicted molar refractivity (Wildman–Crippen MR) is 116 cm³/mol. The van der Waals surface area contributed by atoms with Gasteiger partial charge in [0.05, 0.1) is 7.11 Å². The largest absolute Gasteiger partial charge is 0.497 e. The van der Waals surface area contributed by atoms with E-state index >= 15 is 0 Å². The molecule has 0 N–H and O–H groups in total. The first-order chi connectivity index (χ1) is 13.5. The molecule has 3 aromatic carbocycles. The average Bonchev–Trinajstić information content (AvgIpc) is 2.74. The Labute approximate surface area is 167 Å². The Morgan fingerprint density at radius 1 is 0.714 bits per heavy atom. The number of nitrogens with zero attached hydrogens (tertiary/aromatic N) is 2. The maximum absolute atomic E-state index is 14.4. The first-order valence-corrected chi connectivity index (χ1v) is 10.9. The molecule has 0 atom stereocenters. The van der Waals surface area contributed by atoms with Crippen LogP contribution in [0.5, 0.6) is 5.75 Å². The lowest BCUT2D eigenvalue weighted by Gasteiger charge is -2.35. The quantitative estimate of drug-likeness (QED) is 0.515. The molecule has 0 aliphatic rings. The summed E-state index contributed by atoms with van der Waals surface area (Å²) in [6.45, 7) is 1.20. The van der Waals surface area contributed by atoms with E-state index < -0.39 is 7.44 Å². The van der Waals surface area contributed by atoms with Crippen molar-refractivity contribution in [3.8, 4) is 5.75 Å². The van der Waals surface area contributed by atoms with Gasteiger partial charge in [0, 0.05) is 18.4 Å². The van der Waals surface area contributed by atoms with Crippen LogP contribution in [0.2, 0.25) is 0 Å². The van der Waals surface area contributed by atoms with Gasteiger partial charge in [-0.3, -0.25) is 4.57 Å². The van der Waals surface area contributed by atoms with E-state index in [0.29, 0.717) is 13.1 Å². The van der Waals surface area contributed by atoms with Gasteiger partial charge in [-0.2, -0.15) is 0 Å². The summed E-state index contributed by atoms with van der Waals surface area (Å²) < 4.78 is 23.6. The van der Waals surface area contributed by atoms with Gasteiger partial charge >= 0.3 is 0 Å². The minimum Gasteiger partial charge on any atom is -0.497 e. The van der Waals surface area contributed by atoms with Crippen LogP contribution in [0.4, 0.5) is 0 Å². The minimum atomic E-state index is -3.00. The second-order valence-electron chi connectivity index (χ2n) is 6.84. The number of methoxy groups -OCH3 is 1. The molecule has 0 saturated heterocycles. The topological polar surface area (TPSA) is 32.8 Å². The van der Waals surface area contributed by atoms with Crippen LogP contribution >= 0.6 is 7.44 Å². The molecule has 0 spiro atoms. The van der Waals surface area contributed by atoms with Crippen molar-refractivity contribution in [2.75, 3.05) is 21.2 Å². The average molecular weight is 394 g/mol. The molecule has 3 aromatic rings. The van der Waals surface area contributed by atoms with Crippen molar-refractivity contribution < 1.29 is 9.30 Å². The van der Waals surface area contributed by atoms with Crippen LogP contribution in [0.3, 0.4) is 0 Å². The lowest BCUT2D eigenvalue weighted by Crippen LogP contribution is -2.32. The second kappa shape index (κ2) is 9.20. The van der Waals surface area contributed by atoms with E-state index in [1.54, 1.807) is 7.11 Å². The maximum Gasteiger partial charge on any atom is 0.245 e. The molecule has 0 aromatic heterocycles. The van der Waals surface area contributed by atoms with Crippen molar-refractivity contribution in [2.45, 2.75) is 13.1 Å². The Balaban J connectivity index is 1.95. The predicted octanol–water partition coefficient (Wildman–Crippen LogP) is 4.78. The van der Waals surface area contributed by atoms with E-state index in [1.165, 1.54) is 0 Å². The van der Waals surface area contributed by atoms with Crippen LogP contribution in [-0.2, 0) is 17.7 Å². The van der Waals surface area contributed by atoms with E-state index in [-0.39, 0.29) is 0 Å².